The molecule has 0 saturated carbocycles. The van der Waals surface area contributed by atoms with Gasteiger partial charge >= 0.3 is 0 Å². The molecule has 0 saturated heterocycles. The summed E-state index contributed by atoms with van der Waals surface area (Å²) >= 11 is 12.5. The predicted molar refractivity (Wildman–Crippen MR) is 134 cm³/mol. The predicted octanol–water partition coefficient (Wildman–Crippen LogP) is 6.00. The van der Waals surface area contributed by atoms with Crippen molar-refractivity contribution in [3.8, 4) is 23.0 Å². The van der Waals surface area contributed by atoms with Gasteiger partial charge in [0.2, 0.25) is 11.9 Å². The third kappa shape index (κ3) is 5.66. The van der Waals surface area contributed by atoms with Crippen LogP contribution in [0.1, 0.15) is 26.6 Å². The lowest BCUT2D eigenvalue weighted by atomic mass is 9.96. The van der Waals surface area contributed by atoms with E-state index in [1.807, 2.05) is 20.8 Å². The molecule has 0 aliphatic carbocycles. The van der Waals surface area contributed by atoms with Crippen LogP contribution in [-0.2, 0) is 5.41 Å². The molecule has 3 aromatic rings. The van der Waals surface area contributed by atoms with E-state index in [4.69, 9.17) is 42.1 Å². The van der Waals surface area contributed by atoms with E-state index in [0.29, 0.717) is 62.1 Å². The minimum atomic E-state index is -0.362. The van der Waals surface area contributed by atoms with E-state index in [-0.39, 0.29) is 5.41 Å². The number of ether oxygens (including phenoxy) is 4. The molecule has 1 heterocycles. The molecule has 182 valence electrons. The third-order valence-electron chi connectivity index (χ3n) is 4.75. The average molecular weight is 508 g/mol. The molecule has 2 aromatic carbocycles. The van der Waals surface area contributed by atoms with Gasteiger partial charge in [0.15, 0.2) is 0 Å². The van der Waals surface area contributed by atoms with Crippen molar-refractivity contribution in [2.75, 3.05) is 39.1 Å². The fourth-order valence-corrected chi connectivity index (χ4v) is 3.44. The molecule has 0 aliphatic heterocycles. The van der Waals surface area contributed by atoms with Crippen LogP contribution >= 0.6 is 23.2 Å². The number of aromatic nitrogens is 3. The monoisotopic (exact) mass is 507 g/mol. The average Bonchev–Trinajstić information content (AvgIpc) is 2.80. The maximum Gasteiger partial charge on any atom is 0.232 e. The second kappa shape index (κ2) is 10.4. The Morgan fingerprint density at radius 3 is 1.32 bits per heavy atom. The van der Waals surface area contributed by atoms with Crippen LogP contribution in [-0.4, -0.2) is 43.4 Å². The molecule has 0 fully saturated rings. The molecule has 0 bridgehead atoms. The van der Waals surface area contributed by atoms with Crippen molar-refractivity contribution in [3.63, 3.8) is 0 Å². The van der Waals surface area contributed by atoms with Gasteiger partial charge in [-0.25, -0.2) is 0 Å². The molecule has 11 heteroatoms. The van der Waals surface area contributed by atoms with Crippen molar-refractivity contribution >= 4 is 46.5 Å². The van der Waals surface area contributed by atoms with Crippen LogP contribution in [0.2, 0.25) is 10.0 Å². The zero-order valence-corrected chi connectivity index (χ0v) is 21.6. The Morgan fingerprint density at radius 1 is 0.618 bits per heavy atom. The largest absolute Gasteiger partial charge is 0.495 e. The smallest absolute Gasteiger partial charge is 0.232 e. The number of anilines is 4. The fraction of sp³-hybridized carbons (Fsp3) is 0.348. The number of hydrogen-bond acceptors (Lipinski definition) is 9. The van der Waals surface area contributed by atoms with E-state index in [1.165, 1.54) is 14.2 Å². The molecular weight excluding hydrogens is 481 g/mol. The summed E-state index contributed by atoms with van der Waals surface area (Å²) in [6.45, 7) is 6.02. The number of halogens is 2. The van der Waals surface area contributed by atoms with Crippen molar-refractivity contribution in [1.29, 1.82) is 0 Å². The van der Waals surface area contributed by atoms with Crippen LogP contribution in [0.25, 0.3) is 0 Å². The summed E-state index contributed by atoms with van der Waals surface area (Å²) in [5.74, 6) is 3.12. The lowest BCUT2D eigenvalue weighted by Crippen LogP contribution is -2.19. The molecule has 0 spiro atoms. The Kier molecular flexibility index (Phi) is 7.78. The normalized spacial score (nSPS) is 11.1. The summed E-state index contributed by atoms with van der Waals surface area (Å²) < 4.78 is 21.6. The van der Waals surface area contributed by atoms with Crippen LogP contribution in [0.5, 0.6) is 23.0 Å². The number of rotatable bonds is 8. The maximum atomic E-state index is 6.23. The lowest BCUT2D eigenvalue weighted by Gasteiger charge is -2.20. The number of nitrogens with zero attached hydrogens (tertiary/aromatic N) is 3. The maximum absolute atomic E-state index is 6.23. The molecule has 0 atom stereocenters. The van der Waals surface area contributed by atoms with Crippen LogP contribution < -0.4 is 29.6 Å². The first-order valence-electron chi connectivity index (χ1n) is 10.2. The highest BCUT2D eigenvalue weighted by atomic mass is 35.5. The van der Waals surface area contributed by atoms with E-state index in [9.17, 15) is 0 Å². The van der Waals surface area contributed by atoms with Crippen LogP contribution in [0.4, 0.5) is 23.3 Å². The standard InChI is InChI=1S/C23H27Cl2N5O4/c1-23(2,3)20-28-21(26-14-10-16(31-4)12(24)8-18(14)33-6)30-22(29-20)27-15-11-17(32-5)13(25)9-19(15)34-7/h8-11H,1-7H3,(H2,26,27,28,29,30). The fourth-order valence-electron chi connectivity index (χ4n) is 2.98. The summed E-state index contributed by atoms with van der Waals surface area (Å²) in [5.41, 5.74) is 0.789. The van der Waals surface area contributed by atoms with E-state index in [0.717, 1.165) is 0 Å². The topological polar surface area (TPSA) is 99.7 Å². The summed E-state index contributed by atoms with van der Waals surface area (Å²) in [6.07, 6.45) is 0. The first-order valence-corrected chi connectivity index (χ1v) is 11.0. The van der Waals surface area contributed by atoms with Gasteiger partial charge in [-0.1, -0.05) is 44.0 Å². The molecule has 0 aliphatic rings. The molecule has 9 nitrogen and oxygen atoms in total. The van der Waals surface area contributed by atoms with Gasteiger partial charge in [-0.3, -0.25) is 0 Å². The van der Waals surface area contributed by atoms with Gasteiger partial charge in [0, 0.05) is 29.7 Å². The van der Waals surface area contributed by atoms with E-state index < -0.39 is 0 Å². The highest BCUT2D eigenvalue weighted by Crippen LogP contribution is 2.39. The number of nitrogens with one attached hydrogen (secondary N) is 2. The molecule has 0 unspecified atom stereocenters. The molecule has 0 radical (unpaired) electrons. The second-order valence-electron chi connectivity index (χ2n) is 8.18. The van der Waals surface area contributed by atoms with Gasteiger partial charge in [-0.05, 0) is 0 Å². The van der Waals surface area contributed by atoms with E-state index >= 15 is 0 Å². The van der Waals surface area contributed by atoms with Crippen molar-refractivity contribution in [2.24, 2.45) is 0 Å². The minimum Gasteiger partial charge on any atom is -0.495 e. The second-order valence-corrected chi connectivity index (χ2v) is 8.99. The van der Waals surface area contributed by atoms with Gasteiger partial charge in [-0.2, -0.15) is 15.0 Å². The molecule has 1 aromatic heterocycles. The quantitative estimate of drug-likeness (QED) is 0.380. The van der Waals surface area contributed by atoms with Gasteiger partial charge in [0.1, 0.15) is 28.8 Å². The van der Waals surface area contributed by atoms with Gasteiger partial charge < -0.3 is 29.6 Å². The molecule has 34 heavy (non-hydrogen) atoms. The number of methoxy groups -OCH3 is 4. The Labute approximate surface area is 208 Å². The Hall–Kier alpha value is -3.17. The third-order valence-corrected chi connectivity index (χ3v) is 5.34. The van der Waals surface area contributed by atoms with Crippen LogP contribution in [0.15, 0.2) is 24.3 Å². The van der Waals surface area contributed by atoms with Crippen molar-refractivity contribution in [2.45, 2.75) is 26.2 Å². The molecule has 0 amide bonds. The van der Waals surface area contributed by atoms with Crippen molar-refractivity contribution < 1.29 is 18.9 Å². The zero-order valence-electron chi connectivity index (χ0n) is 20.0. The lowest BCUT2D eigenvalue weighted by molar-refractivity contribution is 0.405. The Morgan fingerprint density at radius 2 is 1.00 bits per heavy atom. The molecule has 2 N–H and O–H groups in total. The highest BCUT2D eigenvalue weighted by molar-refractivity contribution is 6.32. The Balaban J connectivity index is 2.07. The van der Waals surface area contributed by atoms with Gasteiger partial charge in [0.25, 0.3) is 0 Å². The summed E-state index contributed by atoms with van der Waals surface area (Å²) in [7, 11) is 6.16. The van der Waals surface area contributed by atoms with Crippen LogP contribution in [0, 0.1) is 0 Å². The van der Waals surface area contributed by atoms with Crippen molar-refractivity contribution in [3.05, 3.63) is 40.1 Å². The summed E-state index contributed by atoms with van der Waals surface area (Å²) in [6, 6.07) is 6.72. The van der Waals surface area contributed by atoms with Crippen molar-refractivity contribution in [1.82, 2.24) is 15.0 Å². The summed E-state index contributed by atoms with van der Waals surface area (Å²) in [5, 5.41) is 7.20. The van der Waals surface area contributed by atoms with E-state index in [1.54, 1.807) is 38.5 Å². The summed E-state index contributed by atoms with van der Waals surface area (Å²) in [4.78, 5) is 13.8. The van der Waals surface area contributed by atoms with Crippen LogP contribution in [0.3, 0.4) is 0 Å². The minimum absolute atomic E-state index is 0.296. The van der Waals surface area contributed by atoms with Gasteiger partial charge in [-0.15, -0.1) is 0 Å². The highest BCUT2D eigenvalue weighted by Gasteiger charge is 2.22. The molecule has 3 rings (SSSR count). The number of benzene rings is 2. The SMILES string of the molecule is COc1cc(Nc2nc(Nc3cc(OC)c(Cl)cc3OC)nc(C(C)(C)C)n2)c(OC)cc1Cl. The first kappa shape index (κ1) is 25.5. The van der Waals surface area contributed by atoms with E-state index in [2.05, 4.69) is 25.6 Å². The zero-order chi connectivity index (χ0) is 25.0. The number of hydrogen-bond donors (Lipinski definition) is 2. The Bertz CT molecular complexity index is 1100. The first-order chi connectivity index (χ1) is 16.1. The van der Waals surface area contributed by atoms with Gasteiger partial charge in [0.05, 0.1) is 49.9 Å². The molecular formula is C23H27Cl2N5O4.